The van der Waals surface area contributed by atoms with E-state index in [0.717, 1.165) is 11.3 Å². The molecule has 4 nitrogen and oxygen atoms in total. The van der Waals surface area contributed by atoms with Gasteiger partial charge in [0, 0.05) is 5.56 Å². The first-order chi connectivity index (χ1) is 7.72. The molecule has 1 aromatic rings. The molecule has 4 heteroatoms. The quantitative estimate of drug-likeness (QED) is 0.567. The number of hydrogen-bond donors (Lipinski definition) is 0. The molecule has 1 aromatic carbocycles. The molecule has 0 aliphatic rings. The molecule has 1 unspecified atom stereocenters. The molecule has 0 fully saturated rings. The molecule has 0 spiro atoms. The minimum absolute atomic E-state index is 0.284. The number of ether oxygens (including phenoxy) is 2. The van der Waals surface area contributed by atoms with E-state index in [2.05, 4.69) is 4.99 Å². The van der Waals surface area contributed by atoms with Gasteiger partial charge in [-0.3, -0.25) is 0 Å². The highest BCUT2D eigenvalue weighted by Gasteiger charge is 2.11. The van der Waals surface area contributed by atoms with Crippen molar-refractivity contribution in [2.24, 2.45) is 4.99 Å². The van der Waals surface area contributed by atoms with Crippen molar-refractivity contribution in [3.05, 3.63) is 23.8 Å². The van der Waals surface area contributed by atoms with Gasteiger partial charge in [0.15, 0.2) is 0 Å². The van der Waals surface area contributed by atoms with Crippen LogP contribution in [0.2, 0.25) is 0 Å². The van der Waals surface area contributed by atoms with Gasteiger partial charge in [-0.1, -0.05) is 0 Å². The zero-order chi connectivity index (χ0) is 12.0. The van der Waals surface area contributed by atoms with Crippen LogP contribution in [-0.2, 0) is 4.79 Å². The molecule has 0 aliphatic carbocycles. The Bertz CT molecular complexity index is 397. The summed E-state index contributed by atoms with van der Waals surface area (Å²) in [6, 6.07) is 5.17. The van der Waals surface area contributed by atoms with Crippen molar-refractivity contribution in [3.63, 3.8) is 0 Å². The zero-order valence-corrected chi connectivity index (χ0v) is 9.69. The van der Waals surface area contributed by atoms with Crippen molar-refractivity contribution >= 4 is 6.08 Å². The lowest BCUT2D eigenvalue weighted by molar-refractivity contribution is 0.338. The van der Waals surface area contributed by atoms with Gasteiger partial charge in [0.2, 0.25) is 6.08 Å². The molecular formula is C12H15NO3. The average molecular weight is 221 g/mol. The van der Waals surface area contributed by atoms with Gasteiger partial charge >= 0.3 is 0 Å². The van der Waals surface area contributed by atoms with E-state index < -0.39 is 0 Å². The summed E-state index contributed by atoms with van der Waals surface area (Å²) in [6.45, 7) is 4.31. The summed E-state index contributed by atoms with van der Waals surface area (Å²) in [5.74, 6) is 1.43. The second-order valence-electron chi connectivity index (χ2n) is 3.23. The highest BCUT2D eigenvalue weighted by atomic mass is 16.5. The molecule has 0 saturated carbocycles. The van der Waals surface area contributed by atoms with Gasteiger partial charge in [-0.2, -0.15) is 4.99 Å². The van der Waals surface area contributed by atoms with Gasteiger partial charge in [0.1, 0.15) is 11.5 Å². The monoisotopic (exact) mass is 221 g/mol. The first kappa shape index (κ1) is 12.3. The molecule has 0 saturated heterocycles. The summed E-state index contributed by atoms with van der Waals surface area (Å²) < 4.78 is 10.6. The van der Waals surface area contributed by atoms with Crippen LogP contribution in [0.15, 0.2) is 23.2 Å². The third-order valence-corrected chi connectivity index (χ3v) is 2.21. The van der Waals surface area contributed by atoms with Crippen molar-refractivity contribution in [2.75, 3.05) is 13.7 Å². The Kier molecular flexibility index (Phi) is 4.55. The van der Waals surface area contributed by atoms with Crippen molar-refractivity contribution in [2.45, 2.75) is 19.9 Å². The predicted molar refractivity (Wildman–Crippen MR) is 60.7 cm³/mol. The number of isocyanates is 1. The molecule has 86 valence electrons. The normalized spacial score (nSPS) is 11.4. The van der Waals surface area contributed by atoms with Crippen LogP contribution >= 0.6 is 0 Å². The van der Waals surface area contributed by atoms with Gasteiger partial charge in [0.05, 0.1) is 19.8 Å². The maximum absolute atomic E-state index is 10.2. The molecule has 1 rings (SSSR count). The first-order valence-electron chi connectivity index (χ1n) is 5.10. The summed E-state index contributed by atoms with van der Waals surface area (Å²) in [5.41, 5.74) is 0.816. The van der Waals surface area contributed by atoms with Crippen LogP contribution in [0.5, 0.6) is 11.5 Å². The van der Waals surface area contributed by atoms with E-state index in [9.17, 15) is 4.79 Å². The molecule has 0 N–H and O–H groups in total. The summed E-state index contributed by atoms with van der Waals surface area (Å²) in [5, 5.41) is 0. The highest BCUT2D eigenvalue weighted by Crippen LogP contribution is 2.30. The Morgan fingerprint density at radius 1 is 1.50 bits per heavy atom. The maximum atomic E-state index is 10.2. The van der Waals surface area contributed by atoms with Gasteiger partial charge in [-0.25, -0.2) is 4.79 Å². The number of benzene rings is 1. The molecule has 1 atom stereocenters. The van der Waals surface area contributed by atoms with E-state index in [4.69, 9.17) is 9.47 Å². The molecule has 0 heterocycles. The molecule has 0 bridgehead atoms. The zero-order valence-electron chi connectivity index (χ0n) is 9.69. The summed E-state index contributed by atoms with van der Waals surface area (Å²) in [4.78, 5) is 13.9. The smallest absolute Gasteiger partial charge is 0.235 e. The van der Waals surface area contributed by atoms with Crippen LogP contribution < -0.4 is 9.47 Å². The Morgan fingerprint density at radius 2 is 2.25 bits per heavy atom. The van der Waals surface area contributed by atoms with Crippen molar-refractivity contribution < 1.29 is 14.3 Å². The van der Waals surface area contributed by atoms with Crippen LogP contribution in [0.4, 0.5) is 0 Å². The van der Waals surface area contributed by atoms with E-state index in [1.807, 2.05) is 19.1 Å². The highest BCUT2D eigenvalue weighted by molar-refractivity contribution is 5.44. The van der Waals surface area contributed by atoms with Crippen molar-refractivity contribution in [1.29, 1.82) is 0 Å². The Labute approximate surface area is 94.9 Å². The summed E-state index contributed by atoms with van der Waals surface area (Å²) in [7, 11) is 1.58. The van der Waals surface area contributed by atoms with E-state index in [1.54, 1.807) is 26.2 Å². The topological polar surface area (TPSA) is 47.9 Å². The van der Waals surface area contributed by atoms with Crippen LogP contribution in [0.3, 0.4) is 0 Å². The summed E-state index contributed by atoms with van der Waals surface area (Å²) in [6.07, 6.45) is 1.55. The third kappa shape index (κ3) is 2.84. The van der Waals surface area contributed by atoms with Crippen LogP contribution in [0, 0.1) is 0 Å². The van der Waals surface area contributed by atoms with Gasteiger partial charge in [-0.05, 0) is 32.0 Å². The minimum atomic E-state index is -0.284. The van der Waals surface area contributed by atoms with E-state index in [0.29, 0.717) is 12.4 Å². The fourth-order valence-electron chi connectivity index (χ4n) is 1.44. The van der Waals surface area contributed by atoms with Gasteiger partial charge in [-0.15, -0.1) is 0 Å². The second kappa shape index (κ2) is 5.93. The standard InChI is InChI=1S/C12H15NO3/c1-4-16-10-5-6-12(15-3)11(7-10)9(2)13-8-14/h5-7,9H,4H2,1-3H3. The fourth-order valence-corrected chi connectivity index (χ4v) is 1.44. The lowest BCUT2D eigenvalue weighted by Crippen LogP contribution is -1.98. The van der Waals surface area contributed by atoms with Crippen molar-refractivity contribution in [3.8, 4) is 11.5 Å². The number of aliphatic imine (C=N–C) groups is 1. The SMILES string of the molecule is CCOc1ccc(OC)c(C(C)N=C=O)c1. The number of carbonyl (C=O) groups excluding carboxylic acids is 1. The minimum Gasteiger partial charge on any atom is -0.496 e. The number of hydrogen-bond acceptors (Lipinski definition) is 4. The molecular weight excluding hydrogens is 206 g/mol. The summed E-state index contributed by atoms with van der Waals surface area (Å²) >= 11 is 0. The van der Waals surface area contributed by atoms with Crippen LogP contribution in [0.1, 0.15) is 25.5 Å². The van der Waals surface area contributed by atoms with E-state index >= 15 is 0 Å². The van der Waals surface area contributed by atoms with Gasteiger partial charge < -0.3 is 9.47 Å². The molecule has 0 aromatic heterocycles. The number of rotatable bonds is 5. The fraction of sp³-hybridized carbons (Fsp3) is 0.417. The Hall–Kier alpha value is -1.80. The molecule has 0 amide bonds. The number of methoxy groups -OCH3 is 1. The number of nitrogens with zero attached hydrogens (tertiary/aromatic N) is 1. The van der Waals surface area contributed by atoms with Crippen LogP contribution in [-0.4, -0.2) is 19.8 Å². The molecule has 0 radical (unpaired) electrons. The van der Waals surface area contributed by atoms with Crippen LogP contribution in [0.25, 0.3) is 0 Å². The lowest BCUT2D eigenvalue weighted by atomic mass is 10.1. The third-order valence-electron chi connectivity index (χ3n) is 2.21. The molecule has 0 aliphatic heterocycles. The molecule has 16 heavy (non-hydrogen) atoms. The van der Waals surface area contributed by atoms with E-state index in [-0.39, 0.29) is 6.04 Å². The second-order valence-corrected chi connectivity index (χ2v) is 3.23. The van der Waals surface area contributed by atoms with E-state index in [1.165, 1.54) is 0 Å². The predicted octanol–water partition coefficient (Wildman–Crippen LogP) is 2.49. The Balaban J connectivity index is 3.10. The lowest BCUT2D eigenvalue weighted by Gasteiger charge is -2.12. The first-order valence-corrected chi connectivity index (χ1v) is 5.10. The largest absolute Gasteiger partial charge is 0.496 e. The average Bonchev–Trinajstić information content (AvgIpc) is 2.30. The van der Waals surface area contributed by atoms with Crippen molar-refractivity contribution in [1.82, 2.24) is 0 Å². The van der Waals surface area contributed by atoms with Gasteiger partial charge in [0.25, 0.3) is 0 Å². The maximum Gasteiger partial charge on any atom is 0.235 e. The Morgan fingerprint density at radius 3 is 2.81 bits per heavy atom.